The molecule has 6 heteroatoms. The van der Waals surface area contributed by atoms with E-state index in [4.69, 9.17) is 0 Å². The van der Waals surface area contributed by atoms with Crippen molar-refractivity contribution in [3.8, 4) is 0 Å². The number of rotatable bonds is 5. The molecule has 0 radical (unpaired) electrons. The third kappa shape index (κ3) is 4.18. The lowest BCUT2D eigenvalue weighted by Crippen LogP contribution is -2.15. The van der Waals surface area contributed by atoms with Gasteiger partial charge in [0.2, 0.25) is 0 Å². The molecule has 0 bridgehead atoms. The van der Waals surface area contributed by atoms with E-state index in [0.717, 1.165) is 16.3 Å². The summed E-state index contributed by atoms with van der Waals surface area (Å²) >= 11 is 0. The number of nitrogens with one attached hydrogen (secondary N) is 2. The van der Waals surface area contributed by atoms with Crippen molar-refractivity contribution in [3.05, 3.63) is 102 Å². The minimum absolute atomic E-state index is 0.176. The van der Waals surface area contributed by atoms with Gasteiger partial charge in [0.25, 0.3) is 15.9 Å². The van der Waals surface area contributed by atoms with Gasteiger partial charge in [-0.05, 0) is 59.7 Å². The Kier molecular flexibility index (Phi) is 5.25. The molecule has 2 N–H and O–H groups in total. The number of fused-ring (bicyclic) bond motifs is 1. The molecule has 0 saturated carbocycles. The van der Waals surface area contributed by atoms with Crippen LogP contribution >= 0.6 is 0 Å². The first kappa shape index (κ1) is 19.7. The van der Waals surface area contributed by atoms with E-state index >= 15 is 0 Å². The van der Waals surface area contributed by atoms with E-state index in [1.165, 1.54) is 12.1 Å². The summed E-state index contributed by atoms with van der Waals surface area (Å²) in [5.74, 6) is -0.263. The Morgan fingerprint density at radius 2 is 1.47 bits per heavy atom. The third-order valence-corrected chi connectivity index (χ3v) is 6.19. The molecule has 0 heterocycles. The maximum absolute atomic E-state index is 12.7. The number of benzene rings is 4. The molecule has 0 aliphatic heterocycles. The van der Waals surface area contributed by atoms with Crippen LogP contribution < -0.4 is 10.0 Å². The van der Waals surface area contributed by atoms with Crippen LogP contribution in [0.3, 0.4) is 0 Å². The van der Waals surface area contributed by atoms with Crippen molar-refractivity contribution in [1.29, 1.82) is 0 Å². The van der Waals surface area contributed by atoms with Crippen LogP contribution in [0.4, 0.5) is 11.4 Å². The number of carbonyl (C=O) groups excluding carboxylic acids is 1. The van der Waals surface area contributed by atoms with Crippen molar-refractivity contribution in [2.45, 2.75) is 11.8 Å². The lowest BCUT2D eigenvalue weighted by atomic mass is 10.1. The summed E-state index contributed by atoms with van der Waals surface area (Å²) < 4.78 is 27.9. The first-order valence-electron chi connectivity index (χ1n) is 9.41. The van der Waals surface area contributed by atoms with Gasteiger partial charge >= 0.3 is 0 Å². The topological polar surface area (TPSA) is 75.3 Å². The largest absolute Gasteiger partial charge is 0.322 e. The predicted molar refractivity (Wildman–Crippen MR) is 120 cm³/mol. The van der Waals surface area contributed by atoms with Gasteiger partial charge in [0.05, 0.1) is 10.6 Å². The number of hydrogen-bond acceptors (Lipinski definition) is 3. The second-order valence-electron chi connectivity index (χ2n) is 6.96. The second kappa shape index (κ2) is 8.00. The predicted octanol–water partition coefficient (Wildman–Crippen LogP) is 5.20. The van der Waals surface area contributed by atoms with Gasteiger partial charge in [0.15, 0.2) is 0 Å². The van der Waals surface area contributed by atoms with Gasteiger partial charge in [-0.2, -0.15) is 0 Å². The van der Waals surface area contributed by atoms with Crippen LogP contribution in [0.5, 0.6) is 0 Å². The second-order valence-corrected chi connectivity index (χ2v) is 8.65. The Hall–Kier alpha value is -3.64. The number of carbonyl (C=O) groups is 1. The summed E-state index contributed by atoms with van der Waals surface area (Å²) in [7, 11) is -3.72. The molecular weight excluding hydrogens is 396 g/mol. The van der Waals surface area contributed by atoms with Gasteiger partial charge in [0.1, 0.15) is 0 Å². The monoisotopic (exact) mass is 416 g/mol. The number of anilines is 2. The average molecular weight is 417 g/mol. The van der Waals surface area contributed by atoms with Crippen LogP contribution in [-0.2, 0) is 10.0 Å². The first-order chi connectivity index (χ1) is 14.4. The Bertz CT molecular complexity index is 1330. The highest BCUT2D eigenvalue weighted by Crippen LogP contribution is 2.24. The van der Waals surface area contributed by atoms with Gasteiger partial charge < -0.3 is 5.32 Å². The molecule has 4 aromatic carbocycles. The fourth-order valence-corrected chi connectivity index (χ4v) is 4.29. The van der Waals surface area contributed by atoms with Crippen molar-refractivity contribution in [1.82, 2.24) is 0 Å². The molecule has 0 aliphatic carbocycles. The van der Waals surface area contributed by atoms with E-state index in [9.17, 15) is 13.2 Å². The molecule has 1 amide bonds. The highest BCUT2D eigenvalue weighted by atomic mass is 32.2. The smallest absolute Gasteiger partial charge is 0.261 e. The minimum atomic E-state index is -3.72. The molecule has 0 aromatic heterocycles. The van der Waals surface area contributed by atoms with Gasteiger partial charge in [-0.15, -0.1) is 0 Å². The minimum Gasteiger partial charge on any atom is -0.322 e. The van der Waals surface area contributed by atoms with Crippen molar-refractivity contribution in [3.63, 3.8) is 0 Å². The molecule has 0 aliphatic rings. The van der Waals surface area contributed by atoms with E-state index in [2.05, 4.69) is 10.0 Å². The van der Waals surface area contributed by atoms with Crippen molar-refractivity contribution in [2.24, 2.45) is 0 Å². The van der Waals surface area contributed by atoms with Crippen LogP contribution in [0.2, 0.25) is 0 Å². The van der Waals surface area contributed by atoms with Crippen molar-refractivity contribution >= 4 is 38.1 Å². The Balaban J connectivity index is 1.57. The van der Waals surface area contributed by atoms with Gasteiger partial charge in [-0.3, -0.25) is 9.52 Å². The molecule has 4 aromatic rings. The molecule has 0 saturated heterocycles. The average Bonchev–Trinajstić information content (AvgIpc) is 2.76. The van der Waals surface area contributed by atoms with Crippen LogP contribution in [0.1, 0.15) is 15.9 Å². The van der Waals surface area contributed by atoms with Gasteiger partial charge in [-0.25, -0.2) is 8.42 Å². The van der Waals surface area contributed by atoms with E-state index in [1.807, 2.05) is 36.4 Å². The molecule has 5 nitrogen and oxygen atoms in total. The molecular formula is C24H20N2O3S. The zero-order chi connectivity index (χ0) is 21.1. The fourth-order valence-electron chi connectivity index (χ4n) is 3.15. The number of aryl methyl sites for hydroxylation is 1. The quantitative estimate of drug-likeness (QED) is 0.469. The summed E-state index contributed by atoms with van der Waals surface area (Å²) in [5, 5.41) is 4.88. The Labute approximate surface area is 175 Å². The highest BCUT2D eigenvalue weighted by molar-refractivity contribution is 7.92. The van der Waals surface area contributed by atoms with Crippen LogP contribution in [-0.4, -0.2) is 14.3 Å². The van der Waals surface area contributed by atoms with Gasteiger partial charge in [0, 0.05) is 11.3 Å². The maximum Gasteiger partial charge on any atom is 0.261 e. The SMILES string of the molecule is Cc1ccc(NC(=O)c2ccc3ccccc3c2)cc1NS(=O)(=O)c1ccccc1. The fraction of sp³-hybridized carbons (Fsp3) is 0.0417. The van der Waals surface area contributed by atoms with Crippen LogP contribution in [0.25, 0.3) is 10.8 Å². The van der Waals surface area contributed by atoms with Crippen LogP contribution in [0.15, 0.2) is 95.9 Å². The summed E-state index contributed by atoms with van der Waals surface area (Å²) in [6, 6.07) is 26.6. The highest BCUT2D eigenvalue weighted by Gasteiger charge is 2.15. The number of amides is 1. The summed E-state index contributed by atoms with van der Waals surface area (Å²) in [4.78, 5) is 12.9. The number of hydrogen-bond donors (Lipinski definition) is 2. The van der Waals surface area contributed by atoms with E-state index in [1.54, 1.807) is 49.4 Å². The molecule has 0 fully saturated rings. The molecule has 30 heavy (non-hydrogen) atoms. The molecule has 0 unspecified atom stereocenters. The van der Waals surface area contributed by atoms with E-state index < -0.39 is 10.0 Å². The lowest BCUT2D eigenvalue weighted by molar-refractivity contribution is 0.102. The maximum atomic E-state index is 12.7. The van der Waals surface area contributed by atoms with Crippen molar-refractivity contribution < 1.29 is 13.2 Å². The normalized spacial score (nSPS) is 11.2. The molecule has 4 rings (SSSR count). The standard InChI is InChI=1S/C24H20N2O3S/c1-17-11-14-21(16-23(17)26-30(28,29)22-9-3-2-4-10-22)25-24(27)20-13-12-18-7-5-6-8-19(18)15-20/h2-16,26H,1H3,(H,25,27). The molecule has 0 atom stereocenters. The number of sulfonamides is 1. The summed E-state index contributed by atoms with van der Waals surface area (Å²) in [5.41, 5.74) is 2.19. The zero-order valence-electron chi connectivity index (χ0n) is 16.3. The molecule has 150 valence electrons. The van der Waals surface area contributed by atoms with Crippen molar-refractivity contribution in [2.75, 3.05) is 10.0 Å². The molecule has 0 spiro atoms. The van der Waals surface area contributed by atoms with Crippen LogP contribution in [0, 0.1) is 6.92 Å². The Morgan fingerprint density at radius 1 is 0.767 bits per heavy atom. The van der Waals surface area contributed by atoms with E-state index in [0.29, 0.717) is 16.9 Å². The third-order valence-electron chi connectivity index (χ3n) is 4.80. The van der Waals surface area contributed by atoms with Gasteiger partial charge in [-0.1, -0.05) is 54.6 Å². The summed E-state index contributed by atoms with van der Waals surface area (Å²) in [6.07, 6.45) is 0. The lowest BCUT2D eigenvalue weighted by Gasteiger charge is -2.13. The Morgan fingerprint density at radius 3 is 2.23 bits per heavy atom. The van der Waals surface area contributed by atoms with E-state index in [-0.39, 0.29) is 10.8 Å². The first-order valence-corrected chi connectivity index (χ1v) is 10.9. The summed E-state index contributed by atoms with van der Waals surface area (Å²) in [6.45, 7) is 1.80. The zero-order valence-corrected chi connectivity index (χ0v) is 17.1.